The summed E-state index contributed by atoms with van der Waals surface area (Å²) in [4.78, 5) is 15.9. The van der Waals surface area contributed by atoms with Crippen molar-refractivity contribution in [2.24, 2.45) is 0 Å². The van der Waals surface area contributed by atoms with Crippen LogP contribution >= 0.6 is 15.9 Å². The summed E-state index contributed by atoms with van der Waals surface area (Å²) >= 11 is 3.18. The van der Waals surface area contributed by atoms with Crippen molar-refractivity contribution in [2.75, 3.05) is 0 Å². The van der Waals surface area contributed by atoms with E-state index in [0.29, 0.717) is 16.3 Å². The fourth-order valence-electron chi connectivity index (χ4n) is 2.00. The van der Waals surface area contributed by atoms with Crippen LogP contribution in [0.15, 0.2) is 56.1 Å². The molecule has 0 bridgehead atoms. The Morgan fingerprint density at radius 1 is 1.29 bits per heavy atom. The molecule has 0 aliphatic rings. The number of hydrogen-bond donors (Lipinski definition) is 0. The van der Waals surface area contributed by atoms with E-state index in [4.69, 9.17) is 13.7 Å². The highest BCUT2D eigenvalue weighted by molar-refractivity contribution is 9.10. The maximum absolute atomic E-state index is 11.7. The van der Waals surface area contributed by atoms with Gasteiger partial charge in [-0.2, -0.15) is 4.98 Å². The normalized spacial score (nSPS) is 11.1. The van der Waals surface area contributed by atoms with Gasteiger partial charge < -0.3 is 13.7 Å². The predicted molar refractivity (Wildman–Crippen MR) is 89.7 cm³/mol. The lowest BCUT2D eigenvalue weighted by atomic mass is 10.1. The third-order valence-corrected chi connectivity index (χ3v) is 3.60. The van der Waals surface area contributed by atoms with E-state index in [-0.39, 0.29) is 12.5 Å². The molecule has 24 heavy (non-hydrogen) atoms. The first kappa shape index (κ1) is 16.2. The zero-order valence-electron chi connectivity index (χ0n) is 12.7. The SMILES string of the molecule is Cc1ccccc1-c1noc(COC(=O)/C=C/c2ccc(Br)o2)n1. The zero-order valence-corrected chi connectivity index (χ0v) is 14.3. The monoisotopic (exact) mass is 388 g/mol. The number of benzene rings is 1. The second kappa shape index (κ2) is 7.27. The lowest BCUT2D eigenvalue weighted by molar-refractivity contribution is -0.139. The minimum absolute atomic E-state index is 0.0933. The highest BCUT2D eigenvalue weighted by atomic mass is 79.9. The van der Waals surface area contributed by atoms with Gasteiger partial charge in [0.25, 0.3) is 5.89 Å². The quantitative estimate of drug-likeness (QED) is 0.482. The van der Waals surface area contributed by atoms with E-state index in [1.807, 2.05) is 31.2 Å². The van der Waals surface area contributed by atoms with Gasteiger partial charge in [0.1, 0.15) is 5.76 Å². The van der Waals surface area contributed by atoms with Gasteiger partial charge in [-0.3, -0.25) is 0 Å². The number of carbonyl (C=O) groups excluding carboxylic acids is 1. The molecule has 0 aliphatic heterocycles. The molecule has 7 heteroatoms. The van der Waals surface area contributed by atoms with Crippen LogP contribution in [-0.4, -0.2) is 16.1 Å². The number of aryl methyl sites for hydroxylation is 1. The van der Waals surface area contributed by atoms with Crippen LogP contribution in [0, 0.1) is 6.92 Å². The van der Waals surface area contributed by atoms with Gasteiger partial charge in [-0.05, 0) is 46.6 Å². The molecule has 3 rings (SSSR count). The number of rotatable bonds is 5. The second-order valence-electron chi connectivity index (χ2n) is 4.91. The molecule has 0 amide bonds. The number of nitrogens with zero attached hydrogens (tertiary/aromatic N) is 2. The van der Waals surface area contributed by atoms with E-state index >= 15 is 0 Å². The average molecular weight is 389 g/mol. The maximum Gasteiger partial charge on any atom is 0.331 e. The molecule has 0 unspecified atom stereocenters. The fraction of sp³-hybridized carbons (Fsp3) is 0.118. The highest BCUT2D eigenvalue weighted by Crippen LogP contribution is 2.20. The third kappa shape index (κ3) is 3.99. The summed E-state index contributed by atoms with van der Waals surface area (Å²) in [6.07, 6.45) is 2.78. The van der Waals surface area contributed by atoms with Crippen molar-refractivity contribution in [2.45, 2.75) is 13.5 Å². The summed E-state index contributed by atoms with van der Waals surface area (Å²) < 4.78 is 16.0. The fourth-order valence-corrected chi connectivity index (χ4v) is 2.31. The van der Waals surface area contributed by atoms with Crippen LogP contribution in [0.4, 0.5) is 0 Å². The van der Waals surface area contributed by atoms with Gasteiger partial charge >= 0.3 is 5.97 Å². The average Bonchev–Trinajstić information content (AvgIpc) is 3.20. The molecule has 0 saturated carbocycles. The van der Waals surface area contributed by atoms with Crippen LogP contribution in [0.2, 0.25) is 0 Å². The molecule has 0 radical (unpaired) electrons. The van der Waals surface area contributed by atoms with Crippen LogP contribution in [0.5, 0.6) is 0 Å². The lowest BCUT2D eigenvalue weighted by Crippen LogP contribution is -2.00. The molecule has 0 N–H and O–H groups in total. The van der Waals surface area contributed by atoms with Crippen molar-refractivity contribution in [3.8, 4) is 11.4 Å². The Hall–Kier alpha value is -2.67. The van der Waals surface area contributed by atoms with E-state index in [0.717, 1.165) is 11.1 Å². The van der Waals surface area contributed by atoms with Gasteiger partial charge in [0.2, 0.25) is 5.82 Å². The molecule has 0 spiro atoms. The largest absolute Gasteiger partial charge is 0.452 e. The van der Waals surface area contributed by atoms with E-state index in [1.54, 1.807) is 12.1 Å². The van der Waals surface area contributed by atoms with E-state index in [2.05, 4.69) is 26.1 Å². The highest BCUT2D eigenvalue weighted by Gasteiger charge is 2.11. The molecule has 6 nitrogen and oxygen atoms in total. The third-order valence-electron chi connectivity index (χ3n) is 3.17. The van der Waals surface area contributed by atoms with Crippen LogP contribution in [0.3, 0.4) is 0 Å². The topological polar surface area (TPSA) is 78.4 Å². The van der Waals surface area contributed by atoms with Crippen molar-refractivity contribution in [3.63, 3.8) is 0 Å². The smallest absolute Gasteiger partial charge is 0.331 e. The summed E-state index contributed by atoms with van der Waals surface area (Å²) in [6, 6.07) is 11.2. The van der Waals surface area contributed by atoms with Crippen molar-refractivity contribution in [1.82, 2.24) is 10.1 Å². The van der Waals surface area contributed by atoms with Gasteiger partial charge in [0.15, 0.2) is 11.3 Å². The molecule has 2 aromatic heterocycles. The maximum atomic E-state index is 11.7. The summed E-state index contributed by atoms with van der Waals surface area (Å²) in [5.41, 5.74) is 1.91. The van der Waals surface area contributed by atoms with Crippen LogP contribution in [0.25, 0.3) is 17.5 Å². The van der Waals surface area contributed by atoms with Gasteiger partial charge in [-0.25, -0.2) is 4.79 Å². The van der Waals surface area contributed by atoms with Crippen molar-refractivity contribution >= 4 is 28.0 Å². The van der Waals surface area contributed by atoms with Gasteiger partial charge in [-0.15, -0.1) is 0 Å². The van der Waals surface area contributed by atoms with Crippen LogP contribution < -0.4 is 0 Å². The second-order valence-corrected chi connectivity index (χ2v) is 5.69. The van der Waals surface area contributed by atoms with E-state index in [1.165, 1.54) is 12.2 Å². The Morgan fingerprint density at radius 3 is 2.88 bits per heavy atom. The minimum Gasteiger partial charge on any atom is -0.452 e. The Bertz CT molecular complexity index is 882. The summed E-state index contributed by atoms with van der Waals surface area (Å²) in [7, 11) is 0. The molecule has 0 saturated heterocycles. The molecular formula is C17H13BrN2O4. The lowest BCUT2D eigenvalue weighted by Gasteiger charge is -1.98. The van der Waals surface area contributed by atoms with Gasteiger partial charge in [-0.1, -0.05) is 29.4 Å². The van der Waals surface area contributed by atoms with Gasteiger partial charge in [0, 0.05) is 11.6 Å². The van der Waals surface area contributed by atoms with Crippen molar-refractivity contribution < 1.29 is 18.5 Å². The van der Waals surface area contributed by atoms with Crippen molar-refractivity contribution in [3.05, 3.63) is 64.4 Å². The number of carbonyl (C=O) groups is 1. The first-order chi connectivity index (χ1) is 11.6. The Kier molecular flexibility index (Phi) is 4.90. The number of ether oxygens (including phenoxy) is 1. The number of aromatic nitrogens is 2. The van der Waals surface area contributed by atoms with Crippen molar-refractivity contribution in [1.29, 1.82) is 0 Å². The van der Waals surface area contributed by atoms with Crippen LogP contribution in [-0.2, 0) is 16.1 Å². The molecule has 3 aromatic rings. The molecule has 1 aromatic carbocycles. The van der Waals surface area contributed by atoms with E-state index in [9.17, 15) is 4.79 Å². The number of esters is 1. The molecule has 0 aliphatic carbocycles. The zero-order chi connectivity index (χ0) is 16.9. The number of halogens is 1. The molecule has 0 fully saturated rings. The summed E-state index contributed by atoms with van der Waals surface area (Å²) in [5, 5.41) is 3.91. The first-order valence-corrected chi connectivity index (χ1v) is 7.90. The summed E-state index contributed by atoms with van der Waals surface area (Å²) in [6.45, 7) is 1.87. The molecule has 0 atom stereocenters. The molecular weight excluding hydrogens is 376 g/mol. The molecule has 2 heterocycles. The Labute approximate surface area is 146 Å². The molecule has 122 valence electrons. The summed E-state index contributed by atoms with van der Waals surface area (Å²) in [5.74, 6) is 0.711. The standard InChI is InChI=1S/C17H13BrN2O4/c1-11-4-2-3-5-13(11)17-19-15(24-20-17)10-22-16(21)9-7-12-6-8-14(18)23-12/h2-9H,10H2,1H3/b9-7+. The number of furan rings is 1. The Balaban J connectivity index is 1.58. The minimum atomic E-state index is -0.529. The number of hydrogen-bond acceptors (Lipinski definition) is 6. The van der Waals surface area contributed by atoms with Crippen LogP contribution in [0.1, 0.15) is 17.2 Å². The predicted octanol–water partition coefficient (Wildman–Crippen LogP) is 4.16. The van der Waals surface area contributed by atoms with E-state index < -0.39 is 5.97 Å². The van der Waals surface area contributed by atoms with Gasteiger partial charge in [0.05, 0.1) is 0 Å². The first-order valence-electron chi connectivity index (χ1n) is 7.10. The Morgan fingerprint density at radius 2 is 2.12 bits per heavy atom.